The van der Waals surface area contributed by atoms with E-state index in [4.69, 9.17) is 21.1 Å². The number of hydrogen-bond acceptors (Lipinski definition) is 7. The summed E-state index contributed by atoms with van der Waals surface area (Å²) < 4.78 is 28.9. The molecule has 1 rings (SSSR count). The van der Waals surface area contributed by atoms with Crippen LogP contribution in [0.25, 0.3) is 0 Å². The molecular formula is C11H10F2N6O3. The van der Waals surface area contributed by atoms with Crippen LogP contribution in [0, 0.1) is 26.9 Å². The number of rotatable bonds is 7. The maximum absolute atomic E-state index is 12.1. The number of hydrogen-bond donors (Lipinski definition) is 3. The number of ether oxygens (including phenoxy) is 1. The summed E-state index contributed by atoms with van der Waals surface area (Å²) >= 11 is 0. The van der Waals surface area contributed by atoms with E-state index in [0.717, 1.165) is 12.1 Å². The Morgan fingerprint density at radius 3 is 2.77 bits per heavy atom. The van der Waals surface area contributed by atoms with Crippen LogP contribution in [0.1, 0.15) is 0 Å². The van der Waals surface area contributed by atoms with E-state index < -0.39 is 35.2 Å². The van der Waals surface area contributed by atoms with Crippen molar-refractivity contribution in [3.05, 3.63) is 28.3 Å². The Hall–Kier alpha value is -3.29. The number of nitrogens with zero attached hydrogens (tertiary/aromatic N) is 3. The normalized spacial score (nSPS) is 10.9. The van der Waals surface area contributed by atoms with Gasteiger partial charge in [-0.25, -0.2) is 8.78 Å². The summed E-state index contributed by atoms with van der Waals surface area (Å²) in [5.41, 5.74) is 6.49. The molecule has 11 heteroatoms. The van der Waals surface area contributed by atoms with Crippen LogP contribution in [0.5, 0.6) is 5.75 Å². The van der Waals surface area contributed by atoms with E-state index in [1.54, 1.807) is 0 Å². The Balaban J connectivity index is 3.05. The Labute approximate surface area is 122 Å². The van der Waals surface area contributed by atoms with E-state index in [2.05, 4.69) is 10.5 Å². The quantitative estimate of drug-likeness (QED) is 0.300. The minimum absolute atomic E-state index is 0.00691. The molecule has 0 aliphatic heterocycles. The topological polar surface area (TPSA) is 150 Å². The Morgan fingerprint density at radius 2 is 2.27 bits per heavy atom. The lowest BCUT2D eigenvalue weighted by Gasteiger charge is -2.08. The van der Waals surface area contributed by atoms with Crippen LogP contribution in [0.2, 0.25) is 0 Å². The Kier molecular flexibility index (Phi) is 5.70. The van der Waals surface area contributed by atoms with E-state index in [1.807, 2.05) is 0 Å². The van der Waals surface area contributed by atoms with Gasteiger partial charge in [-0.2, -0.15) is 10.4 Å². The second-order valence-electron chi connectivity index (χ2n) is 3.77. The molecule has 9 nitrogen and oxygen atoms in total. The number of anilines is 1. The summed E-state index contributed by atoms with van der Waals surface area (Å²) in [5, 5.41) is 30.0. The molecule has 0 amide bonds. The van der Waals surface area contributed by atoms with Gasteiger partial charge in [-0.15, -0.1) is 0 Å². The molecule has 0 heterocycles. The van der Waals surface area contributed by atoms with Gasteiger partial charge < -0.3 is 10.5 Å². The predicted molar refractivity (Wildman–Crippen MR) is 73.2 cm³/mol. The fraction of sp³-hybridized carbons (Fsp3) is 0.182. The second kappa shape index (κ2) is 7.48. The molecule has 0 spiro atoms. The maximum atomic E-state index is 12.1. The molecule has 0 fully saturated rings. The SMILES string of the molecule is N#C/C(=N\Nc1cc(OCC(F)F)cc([N+](=O)[O-])c1)C(=N)N. The van der Waals surface area contributed by atoms with Gasteiger partial charge in [-0.3, -0.25) is 20.9 Å². The highest BCUT2D eigenvalue weighted by atomic mass is 19.3. The largest absolute Gasteiger partial charge is 0.487 e. The Bertz CT molecular complexity index is 656. The van der Waals surface area contributed by atoms with Crippen molar-refractivity contribution in [2.45, 2.75) is 6.43 Å². The molecule has 0 aliphatic rings. The van der Waals surface area contributed by atoms with Crippen molar-refractivity contribution in [2.24, 2.45) is 10.8 Å². The molecule has 0 saturated heterocycles. The molecule has 0 radical (unpaired) electrons. The van der Waals surface area contributed by atoms with E-state index in [1.165, 1.54) is 12.1 Å². The van der Waals surface area contributed by atoms with Crippen LogP contribution in [-0.4, -0.2) is 29.5 Å². The monoisotopic (exact) mass is 312 g/mol. The van der Waals surface area contributed by atoms with Crippen LogP contribution in [0.4, 0.5) is 20.2 Å². The van der Waals surface area contributed by atoms with Gasteiger partial charge in [0.05, 0.1) is 16.7 Å². The summed E-state index contributed by atoms with van der Waals surface area (Å²) in [6.07, 6.45) is -2.74. The van der Waals surface area contributed by atoms with Crippen LogP contribution >= 0.6 is 0 Å². The summed E-state index contributed by atoms with van der Waals surface area (Å²) in [6.45, 7) is -0.930. The van der Waals surface area contributed by atoms with Gasteiger partial charge in [0.25, 0.3) is 12.1 Å². The molecule has 0 saturated carbocycles. The average molecular weight is 312 g/mol. The molecule has 0 aliphatic carbocycles. The third kappa shape index (κ3) is 5.00. The van der Waals surface area contributed by atoms with Crippen LogP contribution in [-0.2, 0) is 0 Å². The molecule has 4 N–H and O–H groups in total. The van der Waals surface area contributed by atoms with Crippen molar-refractivity contribution < 1.29 is 18.4 Å². The van der Waals surface area contributed by atoms with Gasteiger partial charge >= 0.3 is 0 Å². The average Bonchev–Trinajstić information content (AvgIpc) is 2.45. The first-order chi connectivity index (χ1) is 10.3. The van der Waals surface area contributed by atoms with Gasteiger partial charge in [-0.1, -0.05) is 0 Å². The molecule has 116 valence electrons. The smallest absolute Gasteiger partial charge is 0.275 e. The molecule has 1 aromatic carbocycles. The number of nitro groups is 1. The number of nitrogens with one attached hydrogen (secondary N) is 2. The third-order valence-electron chi connectivity index (χ3n) is 2.14. The minimum Gasteiger partial charge on any atom is -0.487 e. The molecule has 0 bridgehead atoms. The number of hydrazone groups is 1. The highest BCUT2D eigenvalue weighted by Crippen LogP contribution is 2.26. The number of benzene rings is 1. The molecule has 22 heavy (non-hydrogen) atoms. The summed E-state index contributed by atoms with van der Waals surface area (Å²) in [6, 6.07) is 4.73. The van der Waals surface area contributed by atoms with Crippen molar-refractivity contribution in [2.75, 3.05) is 12.0 Å². The minimum atomic E-state index is -2.74. The number of amidine groups is 1. The van der Waals surface area contributed by atoms with Gasteiger partial charge in [-0.05, 0) is 0 Å². The molecule has 1 aromatic rings. The van der Waals surface area contributed by atoms with Crippen molar-refractivity contribution in [3.8, 4) is 11.8 Å². The summed E-state index contributed by atoms with van der Waals surface area (Å²) in [7, 11) is 0. The Morgan fingerprint density at radius 1 is 1.59 bits per heavy atom. The number of alkyl halides is 2. The lowest BCUT2D eigenvalue weighted by Crippen LogP contribution is -2.21. The molecule has 0 atom stereocenters. The highest BCUT2D eigenvalue weighted by molar-refractivity contribution is 6.45. The van der Waals surface area contributed by atoms with Gasteiger partial charge in [0.2, 0.25) is 5.71 Å². The molecule has 0 unspecified atom stereocenters. The predicted octanol–water partition coefficient (Wildman–Crippen LogP) is 1.47. The van der Waals surface area contributed by atoms with Gasteiger partial charge in [0.1, 0.15) is 18.4 Å². The van der Waals surface area contributed by atoms with E-state index in [9.17, 15) is 18.9 Å². The fourth-order valence-electron chi connectivity index (χ4n) is 1.26. The summed E-state index contributed by atoms with van der Waals surface area (Å²) in [4.78, 5) is 10.0. The highest BCUT2D eigenvalue weighted by Gasteiger charge is 2.12. The summed E-state index contributed by atoms with van der Waals surface area (Å²) in [5.74, 6) is -0.775. The number of nitriles is 1. The van der Waals surface area contributed by atoms with Crippen molar-refractivity contribution in [1.82, 2.24) is 0 Å². The van der Waals surface area contributed by atoms with Gasteiger partial charge in [0, 0.05) is 12.1 Å². The number of halogens is 2. The lowest BCUT2D eigenvalue weighted by atomic mass is 10.2. The van der Waals surface area contributed by atoms with Crippen LogP contribution < -0.4 is 15.9 Å². The van der Waals surface area contributed by atoms with Crippen LogP contribution in [0.3, 0.4) is 0 Å². The van der Waals surface area contributed by atoms with E-state index in [0.29, 0.717) is 0 Å². The number of nitrogens with two attached hydrogens (primary N) is 1. The first kappa shape index (κ1) is 16.8. The first-order valence-corrected chi connectivity index (χ1v) is 5.62. The van der Waals surface area contributed by atoms with Gasteiger partial charge in [0.15, 0.2) is 5.84 Å². The zero-order valence-corrected chi connectivity index (χ0v) is 10.9. The van der Waals surface area contributed by atoms with E-state index >= 15 is 0 Å². The van der Waals surface area contributed by atoms with Crippen molar-refractivity contribution >= 4 is 22.9 Å². The van der Waals surface area contributed by atoms with Crippen molar-refractivity contribution in [1.29, 1.82) is 10.7 Å². The second-order valence-corrected chi connectivity index (χ2v) is 3.77. The zero-order valence-electron chi connectivity index (χ0n) is 10.9. The molecular weight excluding hydrogens is 302 g/mol. The first-order valence-electron chi connectivity index (χ1n) is 5.62. The number of non-ortho nitro benzene ring substituents is 1. The fourth-order valence-corrected chi connectivity index (χ4v) is 1.26. The maximum Gasteiger partial charge on any atom is 0.275 e. The lowest BCUT2D eigenvalue weighted by molar-refractivity contribution is -0.384. The zero-order chi connectivity index (χ0) is 16.7. The number of nitro benzene ring substituents is 1. The standard InChI is InChI=1S/C11H10F2N6O3/c12-10(13)5-22-8-2-6(1-7(3-8)19(20)21)17-18-9(4-14)11(15)16/h1-3,10,17H,5H2,(H3,15,16)/b18-9+. The third-order valence-corrected chi connectivity index (χ3v) is 2.14. The molecule has 0 aromatic heterocycles. The van der Waals surface area contributed by atoms with Crippen LogP contribution in [0.15, 0.2) is 23.3 Å². The van der Waals surface area contributed by atoms with Crippen molar-refractivity contribution in [3.63, 3.8) is 0 Å². The van der Waals surface area contributed by atoms with E-state index in [-0.39, 0.29) is 11.4 Å².